The first-order valence-corrected chi connectivity index (χ1v) is 8.68. The highest BCUT2D eigenvalue weighted by Gasteiger charge is 2.15. The lowest BCUT2D eigenvalue weighted by Gasteiger charge is -2.06. The summed E-state index contributed by atoms with van der Waals surface area (Å²) in [4.78, 5) is 20.8. The lowest BCUT2D eigenvalue weighted by atomic mass is 10.4. The minimum absolute atomic E-state index is 0.0189. The van der Waals surface area contributed by atoms with Crippen LogP contribution in [-0.4, -0.2) is 31.4 Å². The number of aromatic nitrogens is 3. The van der Waals surface area contributed by atoms with Gasteiger partial charge < -0.3 is 5.11 Å². The van der Waals surface area contributed by atoms with Gasteiger partial charge in [0.25, 0.3) is 0 Å². The number of nitrogens with zero attached hydrogens (tertiary/aromatic N) is 3. The van der Waals surface area contributed by atoms with Crippen molar-refractivity contribution < 1.29 is 9.90 Å². The van der Waals surface area contributed by atoms with E-state index in [1.807, 2.05) is 28.1 Å². The van der Waals surface area contributed by atoms with E-state index in [1.165, 1.54) is 11.8 Å². The Morgan fingerprint density at radius 2 is 2.33 bits per heavy atom. The minimum atomic E-state index is -0.858. The summed E-state index contributed by atoms with van der Waals surface area (Å²) in [5, 5.41) is 11.5. The number of imidazole rings is 1. The topological polar surface area (TPSA) is 68.0 Å². The van der Waals surface area contributed by atoms with Gasteiger partial charge in [-0.1, -0.05) is 11.8 Å². The lowest BCUT2D eigenvalue weighted by molar-refractivity contribution is -0.133. The van der Waals surface area contributed by atoms with Crippen LogP contribution in [0.15, 0.2) is 39.4 Å². The highest BCUT2D eigenvalue weighted by molar-refractivity contribution is 9.10. The number of fused-ring (bicyclic) bond motifs is 1. The fourth-order valence-corrected chi connectivity index (χ4v) is 4.09. The Morgan fingerprint density at radius 3 is 3.05 bits per heavy atom. The number of aliphatic carboxylic acids is 1. The van der Waals surface area contributed by atoms with Crippen LogP contribution in [0.1, 0.15) is 4.88 Å². The molecule has 5 nitrogen and oxygen atoms in total. The first-order valence-electron chi connectivity index (χ1n) is 6.03. The SMILES string of the molecule is O=C(O)CSc1nc2cccnc2n1Cc1sccc1Br. The predicted octanol–water partition coefficient (Wildman–Crippen LogP) is 3.48. The van der Waals surface area contributed by atoms with Crippen LogP contribution in [0.4, 0.5) is 0 Å². The molecule has 0 unspecified atom stereocenters. The Hall–Kier alpha value is -1.38. The van der Waals surface area contributed by atoms with Crippen LogP contribution < -0.4 is 0 Å². The van der Waals surface area contributed by atoms with Crippen molar-refractivity contribution >= 4 is 56.2 Å². The number of halogens is 1. The van der Waals surface area contributed by atoms with Crippen molar-refractivity contribution in [1.29, 1.82) is 0 Å². The van der Waals surface area contributed by atoms with Crippen LogP contribution in [0.25, 0.3) is 11.2 Å². The van der Waals surface area contributed by atoms with E-state index in [-0.39, 0.29) is 5.75 Å². The second kappa shape index (κ2) is 6.17. The Labute approximate surface area is 137 Å². The molecule has 108 valence electrons. The summed E-state index contributed by atoms with van der Waals surface area (Å²) in [5.41, 5.74) is 1.55. The van der Waals surface area contributed by atoms with E-state index in [0.29, 0.717) is 11.7 Å². The lowest BCUT2D eigenvalue weighted by Crippen LogP contribution is -2.04. The van der Waals surface area contributed by atoms with E-state index < -0.39 is 5.97 Å². The largest absolute Gasteiger partial charge is 0.481 e. The van der Waals surface area contributed by atoms with Crippen molar-refractivity contribution in [2.45, 2.75) is 11.7 Å². The quantitative estimate of drug-likeness (QED) is 0.683. The Bertz CT molecular complexity index is 800. The zero-order valence-electron chi connectivity index (χ0n) is 10.7. The van der Waals surface area contributed by atoms with Crippen LogP contribution in [-0.2, 0) is 11.3 Å². The van der Waals surface area contributed by atoms with Crippen molar-refractivity contribution in [2.24, 2.45) is 0 Å². The summed E-state index contributed by atoms with van der Waals surface area (Å²) in [6.45, 7) is 0.619. The maximum atomic E-state index is 10.8. The summed E-state index contributed by atoms with van der Waals surface area (Å²) >= 11 is 6.37. The molecule has 0 atom stereocenters. The van der Waals surface area contributed by atoms with E-state index in [2.05, 4.69) is 25.9 Å². The molecule has 8 heteroatoms. The molecule has 0 saturated heterocycles. The van der Waals surface area contributed by atoms with Crippen molar-refractivity contribution in [3.63, 3.8) is 0 Å². The molecule has 0 radical (unpaired) electrons. The summed E-state index contributed by atoms with van der Waals surface area (Å²) in [6.07, 6.45) is 1.72. The summed E-state index contributed by atoms with van der Waals surface area (Å²) < 4.78 is 3.00. The average molecular weight is 384 g/mol. The van der Waals surface area contributed by atoms with Crippen molar-refractivity contribution in [2.75, 3.05) is 5.75 Å². The molecular weight excluding hydrogens is 374 g/mol. The second-order valence-electron chi connectivity index (χ2n) is 4.20. The Balaban J connectivity index is 2.02. The molecule has 0 aromatic carbocycles. The molecule has 21 heavy (non-hydrogen) atoms. The van der Waals surface area contributed by atoms with Crippen LogP contribution >= 0.6 is 39.0 Å². The van der Waals surface area contributed by atoms with Crippen molar-refractivity contribution in [1.82, 2.24) is 14.5 Å². The molecule has 0 fully saturated rings. The molecule has 0 bridgehead atoms. The summed E-state index contributed by atoms with van der Waals surface area (Å²) in [7, 11) is 0. The maximum Gasteiger partial charge on any atom is 0.313 e. The number of thioether (sulfide) groups is 1. The molecule has 0 saturated carbocycles. The van der Waals surface area contributed by atoms with Crippen LogP contribution in [0.5, 0.6) is 0 Å². The summed E-state index contributed by atoms with van der Waals surface area (Å²) in [6, 6.07) is 5.70. The zero-order valence-corrected chi connectivity index (χ0v) is 13.9. The zero-order chi connectivity index (χ0) is 14.8. The Kier molecular flexibility index (Phi) is 4.27. The third-order valence-corrected chi connectivity index (χ3v) is 5.66. The maximum absolute atomic E-state index is 10.8. The molecule has 0 amide bonds. The first kappa shape index (κ1) is 14.6. The minimum Gasteiger partial charge on any atom is -0.481 e. The van der Waals surface area contributed by atoms with Gasteiger partial charge in [-0.15, -0.1) is 11.3 Å². The number of carboxylic acids is 1. The molecule has 0 aliphatic rings. The fraction of sp³-hybridized carbons (Fsp3) is 0.154. The molecule has 0 aliphatic carbocycles. The number of thiophene rings is 1. The highest BCUT2D eigenvalue weighted by Crippen LogP contribution is 2.28. The van der Waals surface area contributed by atoms with Gasteiger partial charge in [-0.25, -0.2) is 9.97 Å². The number of carboxylic acid groups (broad SMARTS) is 1. The molecule has 0 spiro atoms. The normalized spacial score (nSPS) is 11.1. The van der Waals surface area contributed by atoms with Gasteiger partial charge in [0, 0.05) is 15.5 Å². The van der Waals surface area contributed by atoms with Gasteiger partial charge in [0.2, 0.25) is 0 Å². The fourth-order valence-electron chi connectivity index (χ4n) is 1.90. The van der Waals surface area contributed by atoms with Gasteiger partial charge in [-0.2, -0.15) is 0 Å². The van der Waals surface area contributed by atoms with Crippen LogP contribution in [0.2, 0.25) is 0 Å². The number of rotatable bonds is 5. The van der Waals surface area contributed by atoms with E-state index >= 15 is 0 Å². The monoisotopic (exact) mass is 383 g/mol. The number of hydrogen-bond acceptors (Lipinski definition) is 5. The standard InChI is InChI=1S/C13H10BrN3O2S2/c14-8-3-5-20-10(8)6-17-12-9(2-1-4-15-12)16-13(17)21-7-11(18)19/h1-5H,6-7H2,(H,18,19). The van der Waals surface area contributed by atoms with Gasteiger partial charge in [-0.3, -0.25) is 9.36 Å². The average Bonchev–Trinajstić information content (AvgIpc) is 3.02. The molecular formula is C13H10BrN3O2S2. The summed E-state index contributed by atoms with van der Waals surface area (Å²) in [5.74, 6) is -0.876. The van der Waals surface area contributed by atoms with Crippen molar-refractivity contribution in [3.8, 4) is 0 Å². The van der Waals surface area contributed by atoms with E-state index in [0.717, 1.165) is 20.5 Å². The van der Waals surface area contributed by atoms with E-state index in [4.69, 9.17) is 5.11 Å². The van der Waals surface area contributed by atoms with Crippen LogP contribution in [0.3, 0.4) is 0 Å². The highest BCUT2D eigenvalue weighted by atomic mass is 79.9. The van der Waals surface area contributed by atoms with Crippen molar-refractivity contribution in [3.05, 3.63) is 39.1 Å². The third kappa shape index (κ3) is 3.12. The molecule has 3 heterocycles. The number of pyridine rings is 1. The third-order valence-electron chi connectivity index (χ3n) is 2.79. The predicted molar refractivity (Wildman–Crippen MR) is 87.0 cm³/mol. The van der Waals surface area contributed by atoms with Crippen LogP contribution in [0, 0.1) is 0 Å². The second-order valence-corrected chi connectivity index (χ2v) is 7.00. The van der Waals surface area contributed by atoms with E-state index in [9.17, 15) is 4.79 Å². The van der Waals surface area contributed by atoms with Gasteiger partial charge >= 0.3 is 5.97 Å². The van der Waals surface area contributed by atoms with E-state index in [1.54, 1.807) is 17.5 Å². The smallest absolute Gasteiger partial charge is 0.313 e. The van der Waals surface area contributed by atoms with Gasteiger partial charge in [0.1, 0.15) is 5.52 Å². The Morgan fingerprint density at radius 1 is 1.48 bits per heavy atom. The molecule has 3 rings (SSSR count). The molecule has 0 aliphatic heterocycles. The first-order chi connectivity index (χ1) is 10.1. The number of hydrogen-bond donors (Lipinski definition) is 1. The van der Waals surface area contributed by atoms with Gasteiger partial charge in [0.05, 0.1) is 12.3 Å². The van der Waals surface area contributed by atoms with Gasteiger partial charge in [0.15, 0.2) is 10.8 Å². The van der Waals surface area contributed by atoms with Gasteiger partial charge in [-0.05, 0) is 39.5 Å². The number of carbonyl (C=O) groups is 1. The molecule has 3 aromatic heterocycles. The molecule has 3 aromatic rings. The molecule has 1 N–H and O–H groups in total.